The highest BCUT2D eigenvalue weighted by atomic mass is 19.1. The molecule has 8 heteroatoms. The number of aromatic amines is 2. The van der Waals surface area contributed by atoms with Gasteiger partial charge in [-0.2, -0.15) is 0 Å². The third kappa shape index (κ3) is 4.35. The summed E-state index contributed by atoms with van der Waals surface area (Å²) in [6.45, 7) is 1.56. The number of rotatable bonds is 5. The first kappa shape index (κ1) is 18.2. The van der Waals surface area contributed by atoms with Gasteiger partial charge in [-0.3, -0.25) is 19.6 Å². The molecule has 0 aliphatic heterocycles. The van der Waals surface area contributed by atoms with Crippen LogP contribution in [0.1, 0.15) is 28.4 Å². The second-order valence-corrected chi connectivity index (χ2v) is 6.02. The number of carbonyl (C=O) groups excluding carboxylic acids is 1. The van der Waals surface area contributed by atoms with Gasteiger partial charge in [-0.05, 0) is 42.3 Å². The van der Waals surface area contributed by atoms with Gasteiger partial charge in [0, 0.05) is 23.7 Å². The van der Waals surface area contributed by atoms with Crippen LogP contribution in [-0.4, -0.2) is 20.9 Å². The molecule has 0 spiro atoms. The first-order chi connectivity index (χ1) is 12.9. The molecule has 2 heterocycles. The van der Waals surface area contributed by atoms with Gasteiger partial charge in [0.2, 0.25) is 5.91 Å². The van der Waals surface area contributed by atoms with Crippen molar-refractivity contribution >= 4 is 5.91 Å². The molecule has 0 radical (unpaired) electrons. The van der Waals surface area contributed by atoms with Gasteiger partial charge in [-0.1, -0.05) is 12.1 Å². The minimum absolute atomic E-state index is 0.180. The Hall–Kier alpha value is -3.55. The molecule has 7 nitrogen and oxygen atoms in total. The van der Waals surface area contributed by atoms with Gasteiger partial charge in [-0.15, -0.1) is 0 Å². The number of H-pyrrole nitrogens is 2. The Balaban J connectivity index is 1.88. The summed E-state index contributed by atoms with van der Waals surface area (Å²) < 4.78 is 13.3. The van der Waals surface area contributed by atoms with E-state index in [0.717, 1.165) is 5.56 Å². The van der Waals surface area contributed by atoms with Gasteiger partial charge in [0.25, 0.3) is 5.56 Å². The van der Waals surface area contributed by atoms with E-state index in [9.17, 15) is 18.8 Å². The van der Waals surface area contributed by atoms with E-state index >= 15 is 0 Å². The van der Waals surface area contributed by atoms with Gasteiger partial charge in [0.1, 0.15) is 5.82 Å². The molecule has 1 amide bonds. The first-order valence-electron chi connectivity index (χ1n) is 8.21. The second kappa shape index (κ2) is 7.77. The lowest BCUT2D eigenvalue weighted by Crippen LogP contribution is -2.34. The van der Waals surface area contributed by atoms with E-state index in [4.69, 9.17) is 0 Å². The van der Waals surface area contributed by atoms with Crippen LogP contribution in [0.3, 0.4) is 0 Å². The summed E-state index contributed by atoms with van der Waals surface area (Å²) in [4.78, 5) is 44.4. The van der Waals surface area contributed by atoms with Crippen molar-refractivity contribution in [3.63, 3.8) is 0 Å². The number of halogens is 1. The van der Waals surface area contributed by atoms with Crippen LogP contribution >= 0.6 is 0 Å². The third-order valence-corrected chi connectivity index (χ3v) is 4.14. The molecule has 3 aromatic rings. The first-order valence-corrected chi connectivity index (χ1v) is 8.21. The maximum absolute atomic E-state index is 13.3. The average molecular weight is 368 g/mol. The molecule has 1 atom stereocenters. The van der Waals surface area contributed by atoms with Crippen LogP contribution in [0.4, 0.5) is 4.39 Å². The molecular weight excluding hydrogens is 351 g/mol. The number of hydrogen-bond donors (Lipinski definition) is 3. The van der Waals surface area contributed by atoms with Crippen molar-refractivity contribution in [3.8, 4) is 0 Å². The fourth-order valence-corrected chi connectivity index (χ4v) is 2.78. The molecule has 27 heavy (non-hydrogen) atoms. The van der Waals surface area contributed by atoms with Crippen LogP contribution in [0.2, 0.25) is 0 Å². The third-order valence-electron chi connectivity index (χ3n) is 4.14. The van der Waals surface area contributed by atoms with E-state index in [1.807, 2.05) is 0 Å². The Kier molecular flexibility index (Phi) is 5.25. The van der Waals surface area contributed by atoms with Crippen molar-refractivity contribution in [1.82, 2.24) is 20.3 Å². The maximum Gasteiger partial charge on any atom is 0.325 e. The molecule has 2 aromatic heterocycles. The van der Waals surface area contributed by atoms with Gasteiger partial charge in [0.05, 0.1) is 12.5 Å². The van der Waals surface area contributed by atoms with Crippen molar-refractivity contribution in [2.75, 3.05) is 0 Å². The van der Waals surface area contributed by atoms with E-state index in [-0.39, 0.29) is 17.8 Å². The molecule has 1 unspecified atom stereocenters. The molecule has 0 fully saturated rings. The zero-order valence-electron chi connectivity index (χ0n) is 14.5. The van der Waals surface area contributed by atoms with E-state index in [1.54, 1.807) is 43.6 Å². The Bertz CT molecular complexity index is 1060. The summed E-state index contributed by atoms with van der Waals surface area (Å²) in [5.74, 6) is -0.796. The highest BCUT2D eigenvalue weighted by Crippen LogP contribution is 2.22. The molecule has 1 aromatic carbocycles. The predicted octanol–water partition coefficient (Wildman–Crippen LogP) is 1.35. The number of carbonyl (C=O) groups is 1. The summed E-state index contributed by atoms with van der Waals surface area (Å²) in [5, 5.41) is 2.85. The number of aromatic nitrogens is 3. The Morgan fingerprint density at radius 3 is 2.33 bits per heavy atom. The molecule has 0 saturated carbocycles. The normalized spacial score (nSPS) is 11.8. The summed E-state index contributed by atoms with van der Waals surface area (Å²) >= 11 is 0. The van der Waals surface area contributed by atoms with Gasteiger partial charge in [0.15, 0.2) is 0 Å². The lowest BCUT2D eigenvalue weighted by molar-refractivity contribution is -0.121. The van der Waals surface area contributed by atoms with Crippen LogP contribution in [-0.2, 0) is 11.2 Å². The van der Waals surface area contributed by atoms with Crippen molar-refractivity contribution in [1.29, 1.82) is 0 Å². The Morgan fingerprint density at radius 1 is 1.07 bits per heavy atom. The Labute approximate surface area is 153 Å². The number of hydrogen-bond acceptors (Lipinski definition) is 4. The van der Waals surface area contributed by atoms with Crippen LogP contribution < -0.4 is 16.6 Å². The summed E-state index contributed by atoms with van der Waals surface area (Å²) in [5.41, 5.74) is 0.734. The molecule has 0 bridgehead atoms. The minimum Gasteiger partial charge on any atom is -0.345 e. The largest absolute Gasteiger partial charge is 0.345 e. The Morgan fingerprint density at radius 2 is 1.70 bits per heavy atom. The van der Waals surface area contributed by atoms with Gasteiger partial charge >= 0.3 is 5.69 Å². The van der Waals surface area contributed by atoms with E-state index in [0.29, 0.717) is 11.3 Å². The van der Waals surface area contributed by atoms with Crippen LogP contribution in [0.25, 0.3) is 0 Å². The molecule has 0 saturated heterocycles. The van der Waals surface area contributed by atoms with Crippen LogP contribution in [0.5, 0.6) is 0 Å². The molecule has 0 aliphatic carbocycles. The van der Waals surface area contributed by atoms with Crippen molar-refractivity contribution < 1.29 is 9.18 Å². The number of benzene rings is 1. The van der Waals surface area contributed by atoms with Crippen LogP contribution in [0, 0.1) is 12.7 Å². The quantitative estimate of drug-likeness (QED) is 0.632. The maximum atomic E-state index is 13.3. The molecular formula is C19H17FN4O3. The topological polar surface area (TPSA) is 108 Å². The van der Waals surface area contributed by atoms with Crippen molar-refractivity contribution in [3.05, 3.63) is 97.8 Å². The van der Waals surface area contributed by atoms with E-state index in [2.05, 4.69) is 20.3 Å². The highest BCUT2D eigenvalue weighted by molar-refractivity contribution is 5.79. The van der Waals surface area contributed by atoms with Gasteiger partial charge in [-0.25, -0.2) is 9.18 Å². The smallest absolute Gasteiger partial charge is 0.325 e. The molecule has 3 rings (SSSR count). The zero-order chi connectivity index (χ0) is 19.4. The molecule has 0 aliphatic rings. The monoisotopic (exact) mass is 368 g/mol. The molecule has 138 valence electrons. The van der Waals surface area contributed by atoms with Crippen molar-refractivity contribution in [2.24, 2.45) is 0 Å². The fourth-order valence-electron chi connectivity index (χ4n) is 2.78. The number of nitrogens with zero attached hydrogens (tertiary/aromatic N) is 1. The average Bonchev–Trinajstić information content (AvgIpc) is 2.64. The summed E-state index contributed by atoms with van der Waals surface area (Å²) in [6, 6.07) is 8.73. The number of amides is 1. The molecule has 3 N–H and O–H groups in total. The highest BCUT2D eigenvalue weighted by Gasteiger charge is 2.19. The summed E-state index contributed by atoms with van der Waals surface area (Å²) in [6.07, 6.45) is 2.98. The minimum atomic E-state index is -0.623. The number of nitrogens with one attached hydrogen (secondary N) is 3. The summed E-state index contributed by atoms with van der Waals surface area (Å²) in [7, 11) is 0. The lowest BCUT2D eigenvalue weighted by Gasteiger charge is -2.20. The second-order valence-electron chi connectivity index (χ2n) is 6.02. The predicted molar refractivity (Wildman–Crippen MR) is 96.7 cm³/mol. The standard InChI is InChI=1S/C19H17FN4O3/c1-11-15(18(26)24-19(27)22-11)10-16(25)23-17(13-6-8-21-9-7-13)12-2-4-14(20)5-3-12/h2-9,17H,10H2,1H3,(H,23,25)(H2,22,24,26,27). The van der Waals surface area contributed by atoms with Crippen molar-refractivity contribution in [2.45, 2.75) is 19.4 Å². The number of pyridine rings is 1. The SMILES string of the molecule is Cc1[nH]c(=O)[nH]c(=O)c1CC(=O)NC(c1ccncc1)c1ccc(F)cc1. The van der Waals surface area contributed by atoms with E-state index < -0.39 is 23.2 Å². The lowest BCUT2D eigenvalue weighted by atomic mass is 9.99. The number of aryl methyl sites for hydroxylation is 1. The zero-order valence-corrected chi connectivity index (χ0v) is 14.5. The fraction of sp³-hybridized carbons (Fsp3) is 0.158. The van der Waals surface area contributed by atoms with Gasteiger partial charge < -0.3 is 10.3 Å². The van der Waals surface area contributed by atoms with E-state index in [1.165, 1.54) is 12.1 Å². The van der Waals surface area contributed by atoms with Crippen LogP contribution in [0.15, 0.2) is 58.4 Å².